The molecule has 1 aliphatic rings. The average molecular weight is 355 g/mol. The van der Waals surface area contributed by atoms with E-state index in [0.717, 1.165) is 35.7 Å². The number of guanidine groups is 1. The Morgan fingerprint density at radius 3 is 2.65 bits per heavy atom. The molecule has 0 aliphatic heterocycles. The number of benzene rings is 1. The normalized spacial score (nSPS) is 15.5. The van der Waals surface area contributed by atoms with Crippen molar-refractivity contribution in [2.45, 2.75) is 24.8 Å². The molecule has 26 heavy (non-hydrogen) atoms. The van der Waals surface area contributed by atoms with Crippen molar-refractivity contribution < 1.29 is 4.39 Å². The van der Waals surface area contributed by atoms with E-state index in [-0.39, 0.29) is 11.2 Å². The SMILES string of the molecule is CN=C(NCc1ccnc(N(C)C)c1)NCC1(c2ccccc2F)CC1. The van der Waals surface area contributed by atoms with Crippen molar-refractivity contribution in [2.75, 3.05) is 32.6 Å². The van der Waals surface area contributed by atoms with Crippen molar-refractivity contribution >= 4 is 11.8 Å². The van der Waals surface area contributed by atoms with E-state index in [2.05, 4.69) is 20.6 Å². The van der Waals surface area contributed by atoms with Crippen LogP contribution in [-0.4, -0.2) is 38.6 Å². The first-order valence-corrected chi connectivity index (χ1v) is 8.86. The van der Waals surface area contributed by atoms with Crippen LogP contribution in [0.25, 0.3) is 0 Å². The van der Waals surface area contributed by atoms with Crippen LogP contribution in [-0.2, 0) is 12.0 Å². The highest BCUT2D eigenvalue weighted by Crippen LogP contribution is 2.48. The van der Waals surface area contributed by atoms with Gasteiger partial charge in [-0.1, -0.05) is 18.2 Å². The standard InChI is InChI=1S/C20H26FN5/c1-22-19(24-13-15-8-11-23-18(12-15)26(2)3)25-14-20(9-10-20)16-6-4-5-7-17(16)21/h4-8,11-12H,9-10,13-14H2,1-3H3,(H2,22,24,25). The summed E-state index contributed by atoms with van der Waals surface area (Å²) in [6.07, 6.45) is 3.79. The van der Waals surface area contributed by atoms with Crippen LogP contribution in [0.5, 0.6) is 0 Å². The lowest BCUT2D eigenvalue weighted by atomic mass is 9.95. The number of nitrogens with zero attached hydrogens (tertiary/aromatic N) is 3. The molecule has 0 spiro atoms. The van der Waals surface area contributed by atoms with Gasteiger partial charge >= 0.3 is 0 Å². The first kappa shape index (κ1) is 18.2. The zero-order valence-electron chi connectivity index (χ0n) is 15.6. The number of rotatable bonds is 6. The van der Waals surface area contributed by atoms with Crippen LogP contribution in [0.15, 0.2) is 47.6 Å². The fourth-order valence-electron chi connectivity index (χ4n) is 3.06. The van der Waals surface area contributed by atoms with Gasteiger partial charge in [0.2, 0.25) is 0 Å². The van der Waals surface area contributed by atoms with Crippen LogP contribution in [0.4, 0.5) is 10.2 Å². The topological polar surface area (TPSA) is 52.6 Å². The largest absolute Gasteiger partial charge is 0.363 e. The zero-order chi connectivity index (χ0) is 18.6. The number of aliphatic imine (C=N–C) groups is 1. The van der Waals surface area contributed by atoms with Crippen molar-refractivity contribution in [2.24, 2.45) is 4.99 Å². The number of anilines is 1. The Labute approximate surface area is 154 Å². The summed E-state index contributed by atoms with van der Waals surface area (Å²) in [7, 11) is 5.69. The van der Waals surface area contributed by atoms with E-state index in [9.17, 15) is 4.39 Å². The molecule has 0 amide bonds. The lowest BCUT2D eigenvalue weighted by molar-refractivity contribution is 0.559. The molecule has 5 nitrogen and oxygen atoms in total. The number of hydrogen-bond acceptors (Lipinski definition) is 3. The minimum Gasteiger partial charge on any atom is -0.363 e. The Hall–Kier alpha value is -2.63. The van der Waals surface area contributed by atoms with Crippen molar-refractivity contribution in [3.63, 3.8) is 0 Å². The molecule has 0 bridgehead atoms. The molecule has 1 aromatic heterocycles. The summed E-state index contributed by atoms with van der Waals surface area (Å²) in [5.41, 5.74) is 1.81. The Balaban J connectivity index is 1.58. The molecule has 0 atom stereocenters. The quantitative estimate of drug-likeness (QED) is 0.618. The first-order chi connectivity index (χ1) is 12.5. The Morgan fingerprint density at radius 1 is 1.23 bits per heavy atom. The van der Waals surface area contributed by atoms with Crippen LogP contribution >= 0.6 is 0 Å². The highest BCUT2D eigenvalue weighted by molar-refractivity contribution is 5.79. The maximum Gasteiger partial charge on any atom is 0.191 e. The molecule has 1 heterocycles. The van der Waals surface area contributed by atoms with Crippen molar-refractivity contribution in [1.82, 2.24) is 15.6 Å². The summed E-state index contributed by atoms with van der Waals surface area (Å²) < 4.78 is 14.1. The molecule has 0 unspecified atom stereocenters. The zero-order valence-corrected chi connectivity index (χ0v) is 15.6. The van der Waals surface area contributed by atoms with Gasteiger partial charge in [-0.05, 0) is 42.2 Å². The highest BCUT2D eigenvalue weighted by atomic mass is 19.1. The Kier molecular flexibility index (Phi) is 5.40. The first-order valence-electron chi connectivity index (χ1n) is 8.86. The maximum atomic E-state index is 14.1. The summed E-state index contributed by atoms with van der Waals surface area (Å²) in [6.45, 7) is 1.32. The third kappa shape index (κ3) is 4.12. The van der Waals surface area contributed by atoms with Crippen molar-refractivity contribution in [3.05, 3.63) is 59.5 Å². The minimum atomic E-state index is -0.122. The van der Waals surface area contributed by atoms with Gasteiger partial charge in [-0.15, -0.1) is 0 Å². The number of pyridine rings is 1. The summed E-state index contributed by atoms with van der Waals surface area (Å²) >= 11 is 0. The monoisotopic (exact) mass is 355 g/mol. The number of aromatic nitrogens is 1. The van der Waals surface area contributed by atoms with Crippen molar-refractivity contribution in [3.8, 4) is 0 Å². The van der Waals surface area contributed by atoms with E-state index < -0.39 is 0 Å². The molecule has 2 aromatic rings. The minimum absolute atomic E-state index is 0.113. The van der Waals surface area contributed by atoms with Gasteiger partial charge in [-0.2, -0.15) is 0 Å². The fraction of sp³-hybridized carbons (Fsp3) is 0.400. The molecule has 1 saturated carbocycles. The van der Waals surface area contributed by atoms with Gasteiger partial charge in [-0.25, -0.2) is 9.37 Å². The Morgan fingerprint density at radius 2 is 2.00 bits per heavy atom. The van der Waals surface area contributed by atoms with E-state index in [1.165, 1.54) is 6.07 Å². The summed E-state index contributed by atoms with van der Waals surface area (Å²) in [5.74, 6) is 1.52. The van der Waals surface area contributed by atoms with Gasteiger partial charge in [0, 0.05) is 45.8 Å². The van der Waals surface area contributed by atoms with Gasteiger partial charge in [0.15, 0.2) is 5.96 Å². The van der Waals surface area contributed by atoms with Gasteiger partial charge in [0.1, 0.15) is 11.6 Å². The summed E-state index contributed by atoms with van der Waals surface area (Å²) in [4.78, 5) is 10.6. The third-order valence-electron chi connectivity index (χ3n) is 4.84. The van der Waals surface area contributed by atoms with E-state index in [0.29, 0.717) is 13.1 Å². The van der Waals surface area contributed by atoms with Gasteiger partial charge in [0.25, 0.3) is 0 Å². The second-order valence-corrected chi connectivity index (χ2v) is 6.96. The molecule has 3 rings (SSSR count). The molecule has 0 radical (unpaired) electrons. The molecule has 2 N–H and O–H groups in total. The van der Waals surface area contributed by atoms with Crippen LogP contribution in [0, 0.1) is 5.82 Å². The molecule has 0 saturated heterocycles. The van der Waals surface area contributed by atoms with Gasteiger partial charge < -0.3 is 15.5 Å². The highest BCUT2D eigenvalue weighted by Gasteiger charge is 2.45. The number of hydrogen-bond donors (Lipinski definition) is 2. The molecule has 6 heteroatoms. The second kappa shape index (κ2) is 7.72. The van der Waals surface area contributed by atoms with E-state index in [1.807, 2.05) is 43.3 Å². The predicted molar refractivity (Wildman–Crippen MR) is 104 cm³/mol. The molecule has 1 aromatic carbocycles. The van der Waals surface area contributed by atoms with Gasteiger partial charge in [0.05, 0.1) is 0 Å². The lowest BCUT2D eigenvalue weighted by Gasteiger charge is -2.20. The molecule has 1 aliphatic carbocycles. The molecular weight excluding hydrogens is 329 g/mol. The van der Waals surface area contributed by atoms with Crippen LogP contribution in [0.1, 0.15) is 24.0 Å². The molecule has 1 fully saturated rings. The predicted octanol–water partition coefficient (Wildman–Crippen LogP) is 2.68. The molecular formula is C20H26FN5. The maximum absolute atomic E-state index is 14.1. The average Bonchev–Trinajstić information content (AvgIpc) is 3.43. The fourth-order valence-corrected chi connectivity index (χ4v) is 3.06. The van der Waals surface area contributed by atoms with Crippen LogP contribution < -0.4 is 15.5 Å². The lowest BCUT2D eigenvalue weighted by Crippen LogP contribution is -2.41. The van der Waals surface area contributed by atoms with Crippen LogP contribution in [0.3, 0.4) is 0 Å². The number of nitrogens with one attached hydrogen (secondary N) is 2. The summed E-state index contributed by atoms with van der Waals surface area (Å²) in [5, 5.41) is 6.67. The number of halogens is 1. The molecule has 138 valence electrons. The third-order valence-corrected chi connectivity index (χ3v) is 4.84. The van der Waals surface area contributed by atoms with Gasteiger partial charge in [-0.3, -0.25) is 4.99 Å². The van der Waals surface area contributed by atoms with Crippen LogP contribution in [0.2, 0.25) is 0 Å². The summed E-state index contributed by atoms with van der Waals surface area (Å²) in [6, 6.07) is 11.1. The van der Waals surface area contributed by atoms with E-state index in [4.69, 9.17) is 0 Å². The van der Waals surface area contributed by atoms with Crippen molar-refractivity contribution in [1.29, 1.82) is 0 Å². The van der Waals surface area contributed by atoms with E-state index in [1.54, 1.807) is 19.3 Å². The Bertz CT molecular complexity index is 783. The van der Waals surface area contributed by atoms with E-state index >= 15 is 0 Å². The second-order valence-electron chi connectivity index (χ2n) is 6.96. The smallest absolute Gasteiger partial charge is 0.191 e.